The number of carbonyl (C=O) groups excluding carboxylic acids is 1. The lowest BCUT2D eigenvalue weighted by molar-refractivity contribution is 0.0963. The first kappa shape index (κ1) is 16.9. The highest BCUT2D eigenvalue weighted by molar-refractivity contribution is 7.89. The molecule has 2 rings (SSSR count). The number of hydrogen-bond donors (Lipinski definition) is 2. The van der Waals surface area contributed by atoms with Gasteiger partial charge in [-0.25, -0.2) is 8.42 Å². The van der Waals surface area contributed by atoms with Crippen LogP contribution in [-0.4, -0.2) is 45.3 Å². The molecule has 0 bridgehead atoms. The van der Waals surface area contributed by atoms with Crippen LogP contribution < -0.4 is 11.1 Å². The molecule has 0 spiro atoms. The molecule has 1 fully saturated rings. The lowest BCUT2D eigenvalue weighted by atomic mass is 9.96. The normalized spacial score (nSPS) is 19.8. The topological polar surface area (TPSA) is 92.5 Å². The molecule has 1 heterocycles. The maximum Gasteiger partial charge on any atom is 0.251 e. The van der Waals surface area contributed by atoms with Gasteiger partial charge in [0, 0.05) is 25.7 Å². The van der Waals surface area contributed by atoms with Crippen molar-refractivity contribution >= 4 is 15.9 Å². The second-order valence-electron chi connectivity index (χ2n) is 5.55. The van der Waals surface area contributed by atoms with Crippen LogP contribution in [0.15, 0.2) is 29.2 Å². The molecule has 0 saturated carbocycles. The fraction of sp³-hybridized carbons (Fsp3) is 0.533. The van der Waals surface area contributed by atoms with Crippen molar-refractivity contribution in [3.63, 3.8) is 0 Å². The van der Waals surface area contributed by atoms with Crippen molar-refractivity contribution < 1.29 is 13.2 Å². The molecule has 1 amide bonds. The molecule has 22 heavy (non-hydrogen) atoms. The van der Waals surface area contributed by atoms with E-state index in [2.05, 4.69) is 5.32 Å². The Balaban J connectivity index is 2.17. The maximum absolute atomic E-state index is 12.7. The standard InChI is InChI=1S/C15H23N3O3S/c1-17-15(19)13-4-6-14(7-5-13)22(20,21)18-10-2-3-12(11-18)8-9-16/h4-7,12H,2-3,8-11,16H2,1H3,(H,17,19). The maximum atomic E-state index is 12.7. The summed E-state index contributed by atoms with van der Waals surface area (Å²) in [6.45, 7) is 1.65. The van der Waals surface area contributed by atoms with Crippen LogP contribution in [0.25, 0.3) is 0 Å². The Bertz CT molecular complexity index is 611. The van der Waals surface area contributed by atoms with Crippen LogP contribution in [0, 0.1) is 5.92 Å². The van der Waals surface area contributed by atoms with Crippen LogP contribution in [-0.2, 0) is 10.0 Å². The molecular weight excluding hydrogens is 302 g/mol. The molecule has 0 aliphatic carbocycles. The number of hydrogen-bond acceptors (Lipinski definition) is 4. The Morgan fingerprint density at radius 2 is 2.05 bits per heavy atom. The molecule has 1 atom stereocenters. The number of nitrogens with zero attached hydrogens (tertiary/aromatic N) is 1. The van der Waals surface area contributed by atoms with Crippen LogP contribution >= 0.6 is 0 Å². The smallest absolute Gasteiger partial charge is 0.251 e. The van der Waals surface area contributed by atoms with Gasteiger partial charge in [0.2, 0.25) is 10.0 Å². The summed E-state index contributed by atoms with van der Waals surface area (Å²) in [4.78, 5) is 11.7. The van der Waals surface area contributed by atoms with Crippen LogP contribution in [0.5, 0.6) is 0 Å². The summed E-state index contributed by atoms with van der Waals surface area (Å²) in [5, 5.41) is 2.51. The number of piperidine rings is 1. The van der Waals surface area contributed by atoms with Gasteiger partial charge in [-0.1, -0.05) is 0 Å². The zero-order chi connectivity index (χ0) is 16.2. The second kappa shape index (κ2) is 7.21. The minimum absolute atomic E-state index is 0.230. The number of carbonyl (C=O) groups is 1. The van der Waals surface area contributed by atoms with Crippen LogP contribution in [0.1, 0.15) is 29.6 Å². The second-order valence-corrected chi connectivity index (χ2v) is 7.49. The number of sulfonamides is 1. The van der Waals surface area contributed by atoms with Gasteiger partial charge < -0.3 is 11.1 Å². The lowest BCUT2D eigenvalue weighted by Gasteiger charge is -2.31. The average Bonchev–Trinajstić information content (AvgIpc) is 2.55. The van der Waals surface area contributed by atoms with E-state index in [4.69, 9.17) is 5.73 Å². The predicted molar refractivity (Wildman–Crippen MR) is 85.0 cm³/mol. The van der Waals surface area contributed by atoms with Gasteiger partial charge in [0.05, 0.1) is 4.90 Å². The first-order chi connectivity index (χ1) is 10.5. The molecule has 1 aromatic carbocycles. The lowest BCUT2D eigenvalue weighted by Crippen LogP contribution is -2.40. The number of nitrogens with one attached hydrogen (secondary N) is 1. The van der Waals surface area contributed by atoms with E-state index in [1.165, 1.54) is 35.6 Å². The van der Waals surface area contributed by atoms with E-state index in [9.17, 15) is 13.2 Å². The molecule has 0 aromatic heterocycles. The van der Waals surface area contributed by atoms with Crippen LogP contribution in [0.3, 0.4) is 0 Å². The number of benzene rings is 1. The molecule has 1 saturated heterocycles. The highest BCUT2D eigenvalue weighted by atomic mass is 32.2. The molecule has 1 aliphatic heterocycles. The Kier molecular flexibility index (Phi) is 5.55. The highest BCUT2D eigenvalue weighted by Crippen LogP contribution is 2.25. The third kappa shape index (κ3) is 3.66. The van der Waals surface area contributed by atoms with Gasteiger partial charge in [0.15, 0.2) is 0 Å². The molecule has 3 N–H and O–H groups in total. The fourth-order valence-corrected chi connectivity index (χ4v) is 4.34. The Morgan fingerprint density at radius 3 is 2.64 bits per heavy atom. The Labute approximate surface area is 131 Å². The summed E-state index contributed by atoms with van der Waals surface area (Å²) in [6.07, 6.45) is 2.74. The van der Waals surface area contributed by atoms with Gasteiger partial charge in [-0.2, -0.15) is 4.31 Å². The molecule has 1 unspecified atom stereocenters. The summed E-state index contributed by atoms with van der Waals surface area (Å²) >= 11 is 0. The third-order valence-corrected chi connectivity index (χ3v) is 5.92. The van der Waals surface area contributed by atoms with Crippen molar-refractivity contribution in [1.82, 2.24) is 9.62 Å². The van der Waals surface area contributed by atoms with Crippen LogP contribution in [0.4, 0.5) is 0 Å². The average molecular weight is 325 g/mol. The summed E-state index contributed by atoms with van der Waals surface area (Å²) < 4.78 is 26.9. The van der Waals surface area contributed by atoms with E-state index in [-0.39, 0.29) is 10.8 Å². The van der Waals surface area contributed by atoms with E-state index in [1.807, 2.05) is 0 Å². The van der Waals surface area contributed by atoms with E-state index in [0.29, 0.717) is 31.1 Å². The third-order valence-electron chi connectivity index (χ3n) is 4.04. The number of nitrogens with two attached hydrogens (primary N) is 1. The summed E-state index contributed by atoms with van der Waals surface area (Å²) in [7, 11) is -1.96. The first-order valence-corrected chi connectivity index (χ1v) is 8.95. The molecule has 6 nitrogen and oxygen atoms in total. The van der Waals surface area contributed by atoms with Crippen molar-refractivity contribution in [2.24, 2.45) is 11.7 Å². The van der Waals surface area contributed by atoms with Crippen molar-refractivity contribution in [3.05, 3.63) is 29.8 Å². The van der Waals surface area contributed by atoms with Crippen LogP contribution in [0.2, 0.25) is 0 Å². The van der Waals surface area contributed by atoms with E-state index >= 15 is 0 Å². The minimum Gasteiger partial charge on any atom is -0.355 e. The Hall–Kier alpha value is -1.44. The van der Waals surface area contributed by atoms with Gasteiger partial charge in [-0.3, -0.25) is 4.79 Å². The number of rotatable bonds is 5. The molecule has 0 radical (unpaired) electrons. The monoisotopic (exact) mass is 325 g/mol. The minimum atomic E-state index is -3.50. The molecule has 1 aromatic rings. The van der Waals surface area contributed by atoms with E-state index in [1.54, 1.807) is 0 Å². The summed E-state index contributed by atoms with van der Waals surface area (Å²) in [5.41, 5.74) is 6.02. The highest BCUT2D eigenvalue weighted by Gasteiger charge is 2.29. The van der Waals surface area contributed by atoms with Gasteiger partial charge in [0.25, 0.3) is 5.91 Å². The van der Waals surface area contributed by atoms with E-state index in [0.717, 1.165) is 19.3 Å². The molecular formula is C15H23N3O3S. The SMILES string of the molecule is CNC(=O)c1ccc(S(=O)(=O)N2CCCC(CCN)C2)cc1. The van der Waals surface area contributed by atoms with Crippen molar-refractivity contribution in [2.75, 3.05) is 26.7 Å². The van der Waals surface area contributed by atoms with Gasteiger partial charge >= 0.3 is 0 Å². The van der Waals surface area contributed by atoms with Crippen molar-refractivity contribution in [1.29, 1.82) is 0 Å². The Morgan fingerprint density at radius 1 is 1.36 bits per heavy atom. The zero-order valence-electron chi connectivity index (χ0n) is 12.8. The summed E-state index contributed by atoms with van der Waals surface area (Å²) in [6, 6.07) is 6.05. The van der Waals surface area contributed by atoms with Crippen molar-refractivity contribution in [2.45, 2.75) is 24.2 Å². The number of amides is 1. The van der Waals surface area contributed by atoms with Crippen molar-refractivity contribution in [3.8, 4) is 0 Å². The quantitative estimate of drug-likeness (QED) is 0.837. The zero-order valence-corrected chi connectivity index (χ0v) is 13.6. The van der Waals surface area contributed by atoms with Gasteiger partial charge in [0.1, 0.15) is 0 Å². The molecule has 7 heteroatoms. The predicted octanol–water partition coefficient (Wildman–Crippen LogP) is 0.796. The summed E-state index contributed by atoms with van der Waals surface area (Å²) in [5.74, 6) is 0.101. The molecule has 1 aliphatic rings. The molecule has 122 valence electrons. The van der Waals surface area contributed by atoms with Gasteiger partial charge in [-0.05, 0) is 56.0 Å². The first-order valence-electron chi connectivity index (χ1n) is 7.51. The fourth-order valence-electron chi connectivity index (χ4n) is 2.79. The largest absolute Gasteiger partial charge is 0.355 e. The van der Waals surface area contributed by atoms with Gasteiger partial charge in [-0.15, -0.1) is 0 Å². The van der Waals surface area contributed by atoms with E-state index < -0.39 is 10.0 Å².